The van der Waals surface area contributed by atoms with Gasteiger partial charge in [0.05, 0.1) is 18.6 Å². The van der Waals surface area contributed by atoms with Crippen LogP contribution in [0, 0.1) is 0 Å². The van der Waals surface area contributed by atoms with Crippen LogP contribution < -0.4 is 5.32 Å². The summed E-state index contributed by atoms with van der Waals surface area (Å²) in [5, 5.41) is 3.15. The lowest BCUT2D eigenvalue weighted by molar-refractivity contribution is -0.145. The number of guanidine groups is 1. The largest absolute Gasteiger partial charge is 0.347 e. The summed E-state index contributed by atoms with van der Waals surface area (Å²) in [6.45, 7) is 11.1. The zero-order valence-corrected chi connectivity index (χ0v) is 19.1. The minimum atomic E-state index is -0.280. The first-order valence-electron chi connectivity index (χ1n) is 9.32. The Morgan fingerprint density at radius 2 is 1.81 bits per heavy atom. The maximum absolute atomic E-state index is 12.6. The molecule has 2 saturated heterocycles. The second-order valence-corrected chi connectivity index (χ2v) is 7.87. The highest BCUT2D eigenvalue weighted by Gasteiger charge is 2.40. The van der Waals surface area contributed by atoms with Crippen molar-refractivity contribution >= 4 is 41.8 Å². The molecule has 2 aliphatic rings. The normalized spacial score (nSPS) is 20.9. The first-order valence-corrected chi connectivity index (χ1v) is 9.32. The number of rotatable bonds is 3. The Labute approximate surface area is 174 Å². The fraction of sp³-hybridized carbons (Fsp3) is 0.833. The molecule has 0 spiro atoms. The average molecular weight is 479 g/mol. The van der Waals surface area contributed by atoms with Gasteiger partial charge in [-0.3, -0.25) is 14.6 Å². The highest BCUT2D eigenvalue weighted by Crippen LogP contribution is 2.24. The number of halogens is 1. The summed E-state index contributed by atoms with van der Waals surface area (Å²) in [6, 6.07) is 0.167. The van der Waals surface area contributed by atoms with E-state index < -0.39 is 0 Å². The van der Waals surface area contributed by atoms with Gasteiger partial charge in [0.15, 0.2) is 5.96 Å². The monoisotopic (exact) mass is 479 g/mol. The number of carbonyl (C=O) groups excluding carboxylic acids is 2. The van der Waals surface area contributed by atoms with Crippen molar-refractivity contribution in [3.63, 3.8) is 0 Å². The third kappa shape index (κ3) is 5.47. The molecular weight excluding hydrogens is 445 g/mol. The maximum Gasteiger partial charge on any atom is 0.242 e. The van der Waals surface area contributed by atoms with E-state index in [0.29, 0.717) is 19.0 Å². The first kappa shape index (κ1) is 23.0. The van der Waals surface area contributed by atoms with E-state index in [1.807, 2.05) is 28.5 Å². The Hall–Kier alpha value is -1.06. The van der Waals surface area contributed by atoms with Crippen LogP contribution in [0.25, 0.3) is 0 Å². The highest BCUT2D eigenvalue weighted by atomic mass is 127. The topological polar surface area (TPSA) is 68.2 Å². The standard InChI is InChI=1S/C18H33N5O2.HI/c1-14(2)23-16(25)12-22(13-18(23,3)4)17(19-5)20-11-15(24)21-9-7-6-8-10-21;/h14H,6-13H2,1-5H3,(H,19,20);1H. The Bertz CT molecular complexity index is 530. The summed E-state index contributed by atoms with van der Waals surface area (Å²) >= 11 is 0. The van der Waals surface area contributed by atoms with E-state index in [4.69, 9.17) is 0 Å². The quantitative estimate of drug-likeness (QED) is 0.379. The van der Waals surface area contributed by atoms with E-state index in [1.165, 1.54) is 6.42 Å². The fourth-order valence-electron chi connectivity index (χ4n) is 4.05. The predicted molar refractivity (Wildman–Crippen MR) is 115 cm³/mol. The number of hydrogen-bond donors (Lipinski definition) is 1. The van der Waals surface area contributed by atoms with E-state index in [9.17, 15) is 9.59 Å². The molecule has 0 aromatic rings. The molecule has 2 rings (SSSR count). The van der Waals surface area contributed by atoms with Crippen LogP contribution in [0.2, 0.25) is 0 Å². The van der Waals surface area contributed by atoms with Crippen LogP contribution in [0.5, 0.6) is 0 Å². The summed E-state index contributed by atoms with van der Waals surface area (Å²) in [4.78, 5) is 35.0. The number of piperidine rings is 1. The van der Waals surface area contributed by atoms with Crippen LogP contribution in [-0.2, 0) is 9.59 Å². The molecule has 0 aromatic heterocycles. The number of aliphatic imine (C=N–C) groups is 1. The third-order valence-electron chi connectivity index (χ3n) is 4.96. The second kappa shape index (κ2) is 9.75. The van der Waals surface area contributed by atoms with Crippen LogP contribution in [0.4, 0.5) is 0 Å². The fourth-order valence-corrected chi connectivity index (χ4v) is 4.05. The molecule has 2 amide bonds. The average Bonchev–Trinajstić information content (AvgIpc) is 2.54. The molecule has 0 bridgehead atoms. The van der Waals surface area contributed by atoms with Gasteiger partial charge in [-0.05, 0) is 47.0 Å². The molecule has 2 heterocycles. The summed E-state index contributed by atoms with van der Waals surface area (Å²) in [5.74, 6) is 0.819. The van der Waals surface area contributed by atoms with E-state index in [-0.39, 0.29) is 53.9 Å². The van der Waals surface area contributed by atoms with Gasteiger partial charge < -0.3 is 20.0 Å². The van der Waals surface area contributed by atoms with Gasteiger partial charge in [-0.15, -0.1) is 24.0 Å². The second-order valence-electron chi connectivity index (χ2n) is 7.87. The maximum atomic E-state index is 12.6. The SMILES string of the molecule is CN=C(NCC(=O)N1CCCCC1)N1CC(=O)N(C(C)C)C(C)(C)C1.I. The minimum absolute atomic E-state index is 0. The van der Waals surface area contributed by atoms with Gasteiger partial charge in [0.2, 0.25) is 11.8 Å². The van der Waals surface area contributed by atoms with E-state index in [2.05, 4.69) is 24.2 Å². The number of amides is 2. The molecule has 2 fully saturated rings. The Balaban J connectivity index is 0.00000338. The minimum Gasteiger partial charge on any atom is -0.347 e. The lowest BCUT2D eigenvalue weighted by Crippen LogP contribution is -2.66. The number of nitrogens with zero attached hydrogens (tertiary/aromatic N) is 4. The molecule has 0 aromatic carbocycles. The molecule has 0 atom stereocenters. The lowest BCUT2D eigenvalue weighted by atomic mass is 9.96. The van der Waals surface area contributed by atoms with Crippen LogP contribution in [-0.4, -0.2) is 83.8 Å². The molecule has 7 nitrogen and oxygen atoms in total. The third-order valence-corrected chi connectivity index (χ3v) is 4.96. The number of nitrogens with one attached hydrogen (secondary N) is 1. The molecule has 1 N–H and O–H groups in total. The van der Waals surface area contributed by atoms with Gasteiger partial charge in [-0.1, -0.05) is 0 Å². The highest BCUT2D eigenvalue weighted by molar-refractivity contribution is 14.0. The number of carbonyl (C=O) groups is 2. The molecular formula is C18H34IN5O2. The van der Waals surface area contributed by atoms with Gasteiger partial charge in [-0.2, -0.15) is 0 Å². The van der Waals surface area contributed by atoms with Crippen LogP contribution in [0.3, 0.4) is 0 Å². The van der Waals surface area contributed by atoms with Crippen molar-refractivity contribution in [2.45, 2.75) is 58.5 Å². The molecule has 26 heavy (non-hydrogen) atoms. The van der Waals surface area contributed by atoms with Crippen molar-refractivity contribution in [3.05, 3.63) is 0 Å². The van der Waals surface area contributed by atoms with Crippen molar-refractivity contribution in [2.24, 2.45) is 4.99 Å². The van der Waals surface area contributed by atoms with E-state index >= 15 is 0 Å². The summed E-state index contributed by atoms with van der Waals surface area (Å²) in [7, 11) is 1.69. The van der Waals surface area contributed by atoms with Gasteiger partial charge in [0, 0.05) is 32.7 Å². The molecule has 150 valence electrons. The molecule has 0 saturated carbocycles. The lowest BCUT2D eigenvalue weighted by Gasteiger charge is -2.49. The van der Waals surface area contributed by atoms with E-state index in [1.54, 1.807) is 7.05 Å². The predicted octanol–water partition coefficient (Wildman–Crippen LogP) is 1.52. The van der Waals surface area contributed by atoms with Gasteiger partial charge in [-0.25, -0.2) is 0 Å². The zero-order chi connectivity index (χ0) is 18.6. The zero-order valence-electron chi connectivity index (χ0n) is 16.7. The van der Waals surface area contributed by atoms with Crippen molar-refractivity contribution in [2.75, 3.05) is 39.8 Å². The Morgan fingerprint density at radius 3 is 2.31 bits per heavy atom. The molecule has 0 radical (unpaired) electrons. The Morgan fingerprint density at radius 1 is 1.19 bits per heavy atom. The van der Waals surface area contributed by atoms with Crippen molar-refractivity contribution in [3.8, 4) is 0 Å². The smallest absolute Gasteiger partial charge is 0.242 e. The van der Waals surface area contributed by atoms with Crippen molar-refractivity contribution in [1.82, 2.24) is 20.0 Å². The first-order chi connectivity index (χ1) is 11.8. The Kier molecular flexibility index (Phi) is 8.62. The summed E-state index contributed by atoms with van der Waals surface area (Å²) in [5.41, 5.74) is -0.280. The number of piperazine rings is 1. The molecule has 0 aliphatic carbocycles. The molecule has 2 aliphatic heterocycles. The number of hydrogen-bond acceptors (Lipinski definition) is 3. The van der Waals surface area contributed by atoms with Gasteiger partial charge >= 0.3 is 0 Å². The number of likely N-dealkylation sites (tertiary alicyclic amines) is 1. The van der Waals surface area contributed by atoms with Crippen LogP contribution >= 0.6 is 24.0 Å². The van der Waals surface area contributed by atoms with Gasteiger partial charge in [0.25, 0.3) is 0 Å². The summed E-state index contributed by atoms with van der Waals surface area (Å²) < 4.78 is 0. The van der Waals surface area contributed by atoms with Gasteiger partial charge in [0.1, 0.15) is 0 Å². The summed E-state index contributed by atoms with van der Waals surface area (Å²) in [6.07, 6.45) is 3.37. The van der Waals surface area contributed by atoms with Crippen LogP contribution in [0.15, 0.2) is 4.99 Å². The van der Waals surface area contributed by atoms with Crippen molar-refractivity contribution in [1.29, 1.82) is 0 Å². The molecule has 0 unspecified atom stereocenters. The molecule has 8 heteroatoms. The van der Waals surface area contributed by atoms with Crippen LogP contribution in [0.1, 0.15) is 47.0 Å². The van der Waals surface area contributed by atoms with E-state index in [0.717, 1.165) is 25.9 Å². The van der Waals surface area contributed by atoms with Crippen molar-refractivity contribution < 1.29 is 9.59 Å².